The zero-order valence-electron chi connectivity index (χ0n) is 14.1. The van der Waals surface area contributed by atoms with Crippen molar-refractivity contribution in [3.63, 3.8) is 0 Å². The molecule has 0 N–H and O–H groups in total. The number of amides is 1. The smallest absolute Gasteiger partial charge is 0.255 e. The number of likely N-dealkylation sites (tertiary alicyclic amines) is 1. The molecule has 1 amide bonds. The van der Waals surface area contributed by atoms with E-state index >= 15 is 0 Å². The Labute approximate surface area is 156 Å². The summed E-state index contributed by atoms with van der Waals surface area (Å²) in [5.41, 5.74) is 2.30. The van der Waals surface area contributed by atoms with Crippen LogP contribution in [0.15, 0.2) is 55.2 Å². The number of benzene rings is 1. The highest BCUT2D eigenvalue weighted by Crippen LogP contribution is 2.28. The van der Waals surface area contributed by atoms with Crippen molar-refractivity contribution >= 4 is 17.5 Å². The predicted molar refractivity (Wildman–Crippen MR) is 98.5 cm³/mol. The molecule has 0 saturated carbocycles. The minimum Gasteiger partial charge on any atom is -0.338 e. The van der Waals surface area contributed by atoms with Gasteiger partial charge in [0.05, 0.1) is 16.3 Å². The Morgan fingerprint density at radius 3 is 2.92 bits per heavy atom. The minimum atomic E-state index is -0.0530. The van der Waals surface area contributed by atoms with Crippen LogP contribution in [0.25, 0.3) is 5.69 Å². The van der Waals surface area contributed by atoms with Crippen molar-refractivity contribution in [3.05, 3.63) is 71.5 Å². The fourth-order valence-electron chi connectivity index (χ4n) is 3.36. The van der Waals surface area contributed by atoms with E-state index in [-0.39, 0.29) is 11.8 Å². The summed E-state index contributed by atoms with van der Waals surface area (Å²) in [7, 11) is 0. The number of carbonyl (C=O) groups is 1. The van der Waals surface area contributed by atoms with Crippen LogP contribution in [0, 0.1) is 0 Å². The number of halogens is 1. The van der Waals surface area contributed by atoms with Crippen LogP contribution in [-0.4, -0.2) is 43.6 Å². The molecule has 6 nitrogen and oxygen atoms in total. The summed E-state index contributed by atoms with van der Waals surface area (Å²) in [6.45, 7) is 1.36. The van der Waals surface area contributed by atoms with Crippen LogP contribution in [0.3, 0.4) is 0 Å². The van der Waals surface area contributed by atoms with Crippen LogP contribution in [0.5, 0.6) is 0 Å². The first-order chi connectivity index (χ1) is 12.7. The fraction of sp³-hybridized carbons (Fsp3) is 0.263. The number of piperidine rings is 1. The summed E-state index contributed by atoms with van der Waals surface area (Å²) >= 11 is 6.33. The molecule has 1 fully saturated rings. The molecular formula is C19H18ClN5O. The van der Waals surface area contributed by atoms with E-state index in [1.807, 2.05) is 29.3 Å². The molecule has 1 saturated heterocycles. The van der Waals surface area contributed by atoms with Gasteiger partial charge in [-0.05, 0) is 43.2 Å². The first-order valence-electron chi connectivity index (χ1n) is 8.57. The minimum absolute atomic E-state index is 0.0530. The molecule has 0 radical (unpaired) electrons. The highest BCUT2D eigenvalue weighted by Gasteiger charge is 2.27. The Balaban J connectivity index is 1.58. The van der Waals surface area contributed by atoms with Gasteiger partial charge in [0.15, 0.2) is 0 Å². The Bertz CT molecular complexity index is 898. The van der Waals surface area contributed by atoms with Gasteiger partial charge >= 0.3 is 0 Å². The van der Waals surface area contributed by atoms with E-state index in [4.69, 9.17) is 11.6 Å². The van der Waals surface area contributed by atoms with Gasteiger partial charge in [-0.3, -0.25) is 4.79 Å². The van der Waals surface area contributed by atoms with Crippen molar-refractivity contribution in [2.24, 2.45) is 0 Å². The van der Waals surface area contributed by atoms with Gasteiger partial charge in [-0.2, -0.15) is 5.10 Å². The molecule has 1 aromatic carbocycles. The Morgan fingerprint density at radius 2 is 2.15 bits per heavy atom. The highest BCUT2D eigenvalue weighted by atomic mass is 35.5. The van der Waals surface area contributed by atoms with Crippen LogP contribution in [0.1, 0.15) is 34.8 Å². The van der Waals surface area contributed by atoms with Crippen LogP contribution >= 0.6 is 11.6 Å². The topological polar surface area (TPSA) is 63.9 Å². The number of nitrogens with zero attached hydrogens (tertiary/aromatic N) is 5. The standard InChI is InChI=1S/C19H18ClN5O/c20-17-5-4-15(25-10-2-7-23-25)11-16(17)19(26)24-9-1-3-14(12-24)18-6-8-21-13-22-18/h2,4-8,10-11,13-14H,1,3,9,12H2/t14-/m0/s1. The van der Waals surface area contributed by atoms with Crippen molar-refractivity contribution in [2.75, 3.05) is 13.1 Å². The van der Waals surface area contributed by atoms with Gasteiger partial charge in [-0.1, -0.05) is 11.6 Å². The molecule has 0 bridgehead atoms. The lowest BCUT2D eigenvalue weighted by Crippen LogP contribution is -2.39. The summed E-state index contributed by atoms with van der Waals surface area (Å²) in [6, 6.07) is 9.16. The predicted octanol–water partition coefficient (Wildman–Crippen LogP) is 3.34. The van der Waals surface area contributed by atoms with E-state index in [0.29, 0.717) is 17.1 Å². The summed E-state index contributed by atoms with van der Waals surface area (Å²) in [5.74, 6) is 0.173. The third-order valence-corrected chi connectivity index (χ3v) is 5.01. The molecule has 26 heavy (non-hydrogen) atoms. The molecule has 4 rings (SSSR count). The number of aromatic nitrogens is 4. The average Bonchev–Trinajstić information content (AvgIpc) is 3.23. The van der Waals surface area contributed by atoms with Crippen molar-refractivity contribution in [1.82, 2.24) is 24.6 Å². The molecular weight excluding hydrogens is 350 g/mol. The third-order valence-electron chi connectivity index (χ3n) is 4.68. The van der Waals surface area contributed by atoms with Gasteiger partial charge in [0.25, 0.3) is 5.91 Å². The maximum Gasteiger partial charge on any atom is 0.255 e. The van der Waals surface area contributed by atoms with Crippen LogP contribution in [0.2, 0.25) is 5.02 Å². The van der Waals surface area contributed by atoms with Crippen molar-refractivity contribution in [3.8, 4) is 5.69 Å². The second kappa shape index (κ2) is 7.25. The van der Waals surface area contributed by atoms with Gasteiger partial charge in [0, 0.05) is 43.3 Å². The van der Waals surface area contributed by atoms with Gasteiger partial charge in [-0.25, -0.2) is 14.6 Å². The van der Waals surface area contributed by atoms with Crippen molar-refractivity contribution in [1.29, 1.82) is 0 Å². The molecule has 3 aromatic rings. The monoisotopic (exact) mass is 367 g/mol. The summed E-state index contributed by atoms with van der Waals surface area (Å²) in [6.07, 6.45) is 8.79. The molecule has 1 atom stereocenters. The number of hydrogen-bond donors (Lipinski definition) is 0. The second-order valence-electron chi connectivity index (χ2n) is 6.34. The normalized spacial score (nSPS) is 17.3. The van der Waals surface area contributed by atoms with E-state index in [9.17, 15) is 4.79 Å². The van der Waals surface area contributed by atoms with Gasteiger partial charge in [0.2, 0.25) is 0 Å². The highest BCUT2D eigenvalue weighted by molar-refractivity contribution is 6.33. The lowest BCUT2D eigenvalue weighted by Gasteiger charge is -2.32. The fourth-order valence-corrected chi connectivity index (χ4v) is 3.56. The van der Waals surface area contributed by atoms with E-state index in [2.05, 4.69) is 15.1 Å². The summed E-state index contributed by atoms with van der Waals surface area (Å²) < 4.78 is 1.72. The molecule has 132 valence electrons. The van der Waals surface area contributed by atoms with Crippen molar-refractivity contribution < 1.29 is 4.79 Å². The van der Waals surface area contributed by atoms with Gasteiger partial charge < -0.3 is 4.90 Å². The molecule has 0 aliphatic carbocycles. The average molecular weight is 368 g/mol. The number of hydrogen-bond acceptors (Lipinski definition) is 4. The maximum atomic E-state index is 13.1. The largest absolute Gasteiger partial charge is 0.338 e. The first kappa shape index (κ1) is 16.7. The SMILES string of the molecule is O=C(c1cc(-n2cccn2)ccc1Cl)N1CCC[C@H](c2ccncn2)C1. The van der Waals surface area contributed by atoms with E-state index < -0.39 is 0 Å². The molecule has 7 heteroatoms. The third kappa shape index (κ3) is 3.32. The quantitative estimate of drug-likeness (QED) is 0.712. The Kier molecular flexibility index (Phi) is 4.67. The lowest BCUT2D eigenvalue weighted by molar-refractivity contribution is 0.0706. The van der Waals surface area contributed by atoms with E-state index in [0.717, 1.165) is 30.8 Å². The number of carbonyl (C=O) groups excluding carboxylic acids is 1. The van der Waals surface area contributed by atoms with Crippen molar-refractivity contribution in [2.45, 2.75) is 18.8 Å². The Hall–Kier alpha value is -2.73. The maximum absolute atomic E-state index is 13.1. The second-order valence-corrected chi connectivity index (χ2v) is 6.75. The molecule has 1 aliphatic rings. The molecule has 0 unspecified atom stereocenters. The van der Waals surface area contributed by atoms with Crippen LogP contribution in [-0.2, 0) is 0 Å². The first-order valence-corrected chi connectivity index (χ1v) is 8.95. The summed E-state index contributed by atoms with van der Waals surface area (Å²) in [5, 5.41) is 4.67. The molecule has 2 aromatic heterocycles. The van der Waals surface area contributed by atoms with E-state index in [1.165, 1.54) is 0 Å². The lowest BCUT2D eigenvalue weighted by atomic mass is 9.94. The molecule has 1 aliphatic heterocycles. The molecule has 3 heterocycles. The van der Waals surface area contributed by atoms with Crippen LogP contribution in [0.4, 0.5) is 0 Å². The van der Waals surface area contributed by atoms with Gasteiger partial charge in [0.1, 0.15) is 6.33 Å². The zero-order valence-corrected chi connectivity index (χ0v) is 14.9. The zero-order chi connectivity index (χ0) is 17.9. The van der Waals surface area contributed by atoms with Crippen LogP contribution < -0.4 is 0 Å². The summed E-state index contributed by atoms with van der Waals surface area (Å²) in [4.78, 5) is 23.3. The van der Waals surface area contributed by atoms with Gasteiger partial charge in [-0.15, -0.1) is 0 Å². The Morgan fingerprint density at radius 1 is 1.23 bits per heavy atom. The molecule has 0 spiro atoms. The number of rotatable bonds is 3. The van der Waals surface area contributed by atoms with E-state index in [1.54, 1.807) is 35.5 Å².